The maximum Gasteiger partial charge on any atom is 0.197 e. The molecule has 4 heteroatoms. The summed E-state index contributed by atoms with van der Waals surface area (Å²) in [7, 11) is 0. The summed E-state index contributed by atoms with van der Waals surface area (Å²) in [5.41, 5.74) is 2.89. The van der Waals surface area contributed by atoms with Gasteiger partial charge in [0.2, 0.25) is 0 Å². The highest BCUT2D eigenvalue weighted by molar-refractivity contribution is 6.31. The third-order valence-corrected chi connectivity index (χ3v) is 3.04. The van der Waals surface area contributed by atoms with Crippen molar-refractivity contribution in [3.05, 3.63) is 52.7 Å². The predicted octanol–water partition coefficient (Wildman–Crippen LogP) is 4.16. The first-order valence-electron chi connectivity index (χ1n) is 4.95. The van der Waals surface area contributed by atoms with Gasteiger partial charge in [-0.05, 0) is 36.2 Å². The van der Waals surface area contributed by atoms with Crippen LogP contribution in [0.25, 0.3) is 0 Å². The van der Waals surface area contributed by atoms with E-state index in [2.05, 4.69) is 4.98 Å². The van der Waals surface area contributed by atoms with Crippen molar-refractivity contribution in [2.45, 2.75) is 18.7 Å². The Morgan fingerprint density at radius 1 is 1.38 bits per heavy atom. The van der Waals surface area contributed by atoms with Crippen molar-refractivity contribution in [1.82, 2.24) is 4.98 Å². The molecule has 0 aliphatic rings. The number of rotatable bonds is 3. The maximum absolute atomic E-state index is 6.24. The van der Waals surface area contributed by atoms with E-state index in [1.165, 1.54) is 6.26 Å². The van der Waals surface area contributed by atoms with Crippen molar-refractivity contribution in [1.29, 1.82) is 0 Å². The van der Waals surface area contributed by atoms with Crippen molar-refractivity contribution in [2.24, 2.45) is 0 Å². The Bertz CT molecular complexity index is 464. The zero-order valence-electron chi connectivity index (χ0n) is 8.78. The van der Waals surface area contributed by atoms with Gasteiger partial charge < -0.3 is 4.42 Å². The molecule has 2 rings (SSSR count). The van der Waals surface area contributed by atoms with Crippen molar-refractivity contribution in [2.75, 3.05) is 0 Å². The molecule has 1 unspecified atom stereocenters. The summed E-state index contributed by atoms with van der Waals surface area (Å²) >= 11 is 12.1. The van der Waals surface area contributed by atoms with Crippen molar-refractivity contribution >= 4 is 23.2 Å². The average molecular weight is 256 g/mol. The number of aryl methyl sites for hydroxylation is 1. The highest BCUT2D eigenvalue weighted by Gasteiger charge is 2.15. The van der Waals surface area contributed by atoms with Gasteiger partial charge in [-0.15, -0.1) is 11.6 Å². The molecule has 0 amide bonds. The van der Waals surface area contributed by atoms with Crippen LogP contribution in [-0.2, 0) is 6.42 Å². The summed E-state index contributed by atoms with van der Waals surface area (Å²) < 4.78 is 5.00. The Hall–Kier alpha value is -0.990. The van der Waals surface area contributed by atoms with Crippen LogP contribution in [0, 0.1) is 6.92 Å². The quantitative estimate of drug-likeness (QED) is 0.770. The molecule has 0 aromatic carbocycles. The van der Waals surface area contributed by atoms with Crippen LogP contribution in [0.4, 0.5) is 0 Å². The normalized spacial score (nSPS) is 12.7. The molecule has 0 bridgehead atoms. The molecule has 16 heavy (non-hydrogen) atoms. The van der Waals surface area contributed by atoms with Crippen LogP contribution >= 0.6 is 23.2 Å². The van der Waals surface area contributed by atoms with Crippen molar-refractivity contribution in [3.8, 4) is 0 Å². The molecule has 84 valence electrons. The number of halogens is 2. The first kappa shape index (κ1) is 11.5. The topological polar surface area (TPSA) is 26.0 Å². The van der Waals surface area contributed by atoms with Crippen LogP contribution in [0.5, 0.6) is 0 Å². The molecule has 0 spiro atoms. The summed E-state index contributed by atoms with van der Waals surface area (Å²) in [4.78, 5) is 4.30. The van der Waals surface area contributed by atoms with Gasteiger partial charge in [0.05, 0.1) is 11.6 Å². The number of alkyl halides is 1. The van der Waals surface area contributed by atoms with Crippen LogP contribution in [0.1, 0.15) is 22.2 Å². The Morgan fingerprint density at radius 2 is 2.19 bits per heavy atom. The van der Waals surface area contributed by atoms with Gasteiger partial charge in [-0.3, -0.25) is 4.98 Å². The second-order valence-electron chi connectivity index (χ2n) is 3.65. The van der Waals surface area contributed by atoms with Gasteiger partial charge in [-0.25, -0.2) is 0 Å². The second-order valence-corrected chi connectivity index (χ2v) is 4.52. The number of nitrogens with zero attached hydrogens (tertiary/aromatic N) is 1. The van der Waals surface area contributed by atoms with Gasteiger partial charge in [0.15, 0.2) is 5.22 Å². The molecule has 1 atom stereocenters. The molecule has 0 saturated carbocycles. The molecular formula is C12H11Cl2NO. The van der Waals surface area contributed by atoms with E-state index < -0.39 is 0 Å². The average Bonchev–Trinajstić information content (AvgIpc) is 2.68. The monoisotopic (exact) mass is 255 g/mol. The fourth-order valence-corrected chi connectivity index (χ4v) is 2.07. The summed E-state index contributed by atoms with van der Waals surface area (Å²) in [5, 5.41) is 0.147. The van der Waals surface area contributed by atoms with Crippen molar-refractivity contribution < 1.29 is 4.42 Å². The largest absolute Gasteiger partial charge is 0.453 e. The summed E-state index contributed by atoms with van der Waals surface area (Å²) in [5.74, 6) is 0. The van der Waals surface area contributed by atoms with Crippen LogP contribution in [-0.4, -0.2) is 4.98 Å². The molecule has 2 nitrogen and oxygen atoms in total. The van der Waals surface area contributed by atoms with Gasteiger partial charge in [0, 0.05) is 23.9 Å². The predicted molar refractivity (Wildman–Crippen MR) is 65.0 cm³/mol. The van der Waals surface area contributed by atoms with E-state index >= 15 is 0 Å². The van der Waals surface area contributed by atoms with E-state index in [1.54, 1.807) is 6.07 Å². The molecule has 2 aromatic heterocycles. The highest BCUT2D eigenvalue weighted by Crippen LogP contribution is 2.30. The molecule has 0 fully saturated rings. The van der Waals surface area contributed by atoms with Crippen molar-refractivity contribution in [3.63, 3.8) is 0 Å². The van der Waals surface area contributed by atoms with E-state index in [1.807, 2.05) is 25.3 Å². The number of furan rings is 1. The summed E-state index contributed by atoms with van der Waals surface area (Å²) in [6, 6.07) is 5.77. The van der Waals surface area contributed by atoms with E-state index in [4.69, 9.17) is 27.6 Å². The van der Waals surface area contributed by atoms with E-state index in [9.17, 15) is 0 Å². The lowest BCUT2D eigenvalue weighted by Gasteiger charge is -2.07. The lowest BCUT2D eigenvalue weighted by Crippen LogP contribution is -1.97. The van der Waals surface area contributed by atoms with Gasteiger partial charge in [-0.2, -0.15) is 0 Å². The first-order valence-corrected chi connectivity index (χ1v) is 5.77. The Morgan fingerprint density at radius 3 is 2.75 bits per heavy atom. The third-order valence-electron chi connectivity index (χ3n) is 2.34. The summed E-state index contributed by atoms with van der Waals surface area (Å²) in [6.07, 6.45) is 4.01. The molecule has 0 aliphatic carbocycles. The Labute approximate surface area is 104 Å². The molecule has 2 heterocycles. The van der Waals surface area contributed by atoms with E-state index in [-0.39, 0.29) is 5.38 Å². The highest BCUT2D eigenvalue weighted by atomic mass is 35.5. The lowest BCUT2D eigenvalue weighted by atomic mass is 10.1. The first-order chi connectivity index (χ1) is 7.66. The van der Waals surface area contributed by atoms with Crippen LogP contribution in [0.3, 0.4) is 0 Å². The smallest absolute Gasteiger partial charge is 0.197 e. The van der Waals surface area contributed by atoms with Gasteiger partial charge in [0.1, 0.15) is 0 Å². The third kappa shape index (κ3) is 2.57. The maximum atomic E-state index is 6.24. The van der Waals surface area contributed by atoms with E-state index in [0.29, 0.717) is 11.6 Å². The number of pyridine rings is 1. The minimum atomic E-state index is -0.207. The molecule has 0 aliphatic heterocycles. The minimum Gasteiger partial charge on any atom is -0.453 e. The SMILES string of the molecule is Cc1ccc(CC(Cl)c2ccoc2Cl)nc1. The zero-order chi connectivity index (χ0) is 11.5. The Balaban J connectivity index is 2.10. The lowest BCUT2D eigenvalue weighted by molar-refractivity contribution is 0.565. The van der Waals surface area contributed by atoms with Crippen LogP contribution in [0.2, 0.25) is 5.22 Å². The molecular weight excluding hydrogens is 245 g/mol. The zero-order valence-corrected chi connectivity index (χ0v) is 10.3. The number of aromatic nitrogens is 1. The van der Waals surface area contributed by atoms with Gasteiger partial charge >= 0.3 is 0 Å². The van der Waals surface area contributed by atoms with E-state index in [0.717, 1.165) is 16.8 Å². The second kappa shape index (κ2) is 4.89. The molecule has 0 saturated heterocycles. The summed E-state index contributed by atoms with van der Waals surface area (Å²) in [6.45, 7) is 2.00. The molecule has 0 radical (unpaired) electrons. The number of hydrogen-bond acceptors (Lipinski definition) is 2. The fourth-order valence-electron chi connectivity index (χ4n) is 1.44. The van der Waals surface area contributed by atoms with Gasteiger partial charge in [-0.1, -0.05) is 6.07 Å². The number of hydrogen-bond donors (Lipinski definition) is 0. The van der Waals surface area contributed by atoms with Crippen LogP contribution in [0.15, 0.2) is 35.1 Å². The standard InChI is InChI=1S/C12H11Cl2NO/c1-8-2-3-9(15-7-8)6-11(13)10-4-5-16-12(10)14/h2-5,7,11H,6H2,1H3. The van der Waals surface area contributed by atoms with Gasteiger partial charge in [0.25, 0.3) is 0 Å². The minimum absolute atomic E-state index is 0.207. The Kier molecular flexibility index (Phi) is 3.52. The molecule has 0 N–H and O–H groups in total. The molecule has 2 aromatic rings. The fraction of sp³-hybridized carbons (Fsp3) is 0.250. The van der Waals surface area contributed by atoms with Crippen LogP contribution < -0.4 is 0 Å².